The molecule has 2 N–H and O–H groups in total. The van der Waals surface area contributed by atoms with Gasteiger partial charge in [0, 0.05) is 17.4 Å². The van der Waals surface area contributed by atoms with Crippen molar-refractivity contribution in [3.8, 4) is 0 Å². The Labute approximate surface area is 166 Å². The highest BCUT2D eigenvalue weighted by Crippen LogP contribution is 2.22. The van der Waals surface area contributed by atoms with Crippen LogP contribution in [0.25, 0.3) is 0 Å². The van der Waals surface area contributed by atoms with E-state index < -0.39 is 29.1 Å². The lowest BCUT2D eigenvalue weighted by Gasteiger charge is -2.13. The average molecular weight is 395 g/mol. The number of nitrogens with zero attached hydrogens (tertiary/aromatic N) is 1. The molecule has 0 saturated carbocycles. The van der Waals surface area contributed by atoms with Crippen LogP contribution in [0.15, 0.2) is 54.7 Å². The summed E-state index contributed by atoms with van der Waals surface area (Å²) in [5.74, 6) is -3.05. The molecule has 1 aromatic heterocycles. The van der Waals surface area contributed by atoms with E-state index in [0.29, 0.717) is 0 Å². The zero-order valence-corrected chi connectivity index (χ0v) is 15.9. The highest BCUT2D eigenvalue weighted by Gasteiger charge is 2.17. The summed E-state index contributed by atoms with van der Waals surface area (Å²) in [5.41, 5.74) is 2.11. The number of benzene rings is 2. The second kappa shape index (κ2) is 8.60. The van der Waals surface area contributed by atoms with E-state index in [1.165, 1.54) is 24.4 Å². The van der Waals surface area contributed by atoms with Crippen molar-refractivity contribution in [1.29, 1.82) is 0 Å². The Morgan fingerprint density at radius 3 is 2.28 bits per heavy atom. The zero-order chi connectivity index (χ0) is 21.0. The van der Waals surface area contributed by atoms with Crippen LogP contribution in [0.5, 0.6) is 0 Å². The lowest BCUT2D eigenvalue weighted by Crippen LogP contribution is -2.18. The second-order valence-corrected chi connectivity index (χ2v) is 6.40. The number of pyridine rings is 1. The first-order valence-corrected chi connectivity index (χ1v) is 9.02. The van der Waals surface area contributed by atoms with Gasteiger partial charge in [0.25, 0.3) is 11.8 Å². The molecule has 5 nitrogen and oxygen atoms in total. The van der Waals surface area contributed by atoms with Crippen LogP contribution in [0.4, 0.5) is 20.2 Å². The number of hydrogen-bond acceptors (Lipinski definition) is 3. The Morgan fingerprint density at radius 2 is 1.59 bits per heavy atom. The lowest BCUT2D eigenvalue weighted by atomic mass is 10.1. The molecule has 0 aliphatic carbocycles. The number of para-hydroxylation sites is 2. The minimum atomic E-state index is -0.904. The van der Waals surface area contributed by atoms with Gasteiger partial charge in [0.15, 0.2) is 0 Å². The SMILES string of the molecule is CCc1cccc(C)c1NC(=O)c1ccnc(C(=O)Nc2c(F)cccc2F)c1. The first-order chi connectivity index (χ1) is 13.9. The second-order valence-electron chi connectivity index (χ2n) is 6.40. The standard InChI is InChI=1S/C22H19F2N3O2/c1-3-14-7-4-6-13(2)19(14)26-21(28)15-10-11-25-18(12-15)22(29)27-20-16(23)8-5-9-17(20)24/h4-12H,3H2,1-2H3,(H,26,28)(H,27,29). The van der Waals surface area contributed by atoms with Crippen LogP contribution >= 0.6 is 0 Å². The monoisotopic (exact) mass is 395 g/mol. The Morgan fingerprint density at radius 1 is 0.931 bits per heavy atom. The average Bonchev–Trinajstić information content (AvgIpc) is 2.72. The highest BCUT2D eigenvalue weighted by molar-refractivity contribution is 6.08. The minimum Gasteiger partial charge on any atom is -0.321 e. The third-order valence-corrected chi connectivity index (χ3v) is 4.43. The Balaban J connectivity index is 1.82. The van der Waals surface area contributed by atoms with Crippen LogP contribution in [0.1, 0.15) is 38.9 Å². The quantitative estimate of drug-likeness (QED) is 0.656. The summed E-state index contributed by atoms with van der Waals surface area (Å²) >= 11 is 0. The summed E-state index contributed by atoms with van der Waals surface area (Å²) in [6.45, 7) is 3.88. The smallest absolute Gasteiger partial charge is 0.274 e. The molecule has 0 radical (unpaired) electrons. The summed E-state index contributed by atoms with van der Waals surface area (Å²) in [5, 5.41) is 5.02. The first kappa shape index (κ1) is 20.1. The van der Waals surface area contributed by atoms with Crippen molar-refractivity contribution in [3.05, 3.63) is 88.7 Å². The molecule has 0 spiro atoms. The number of amides is 2. The molecule has 0 aliphatic heterocycles. The van der Waals surface area contributed by atoms with E-state index in [4.69, 9.17) is 0 Å². The number of carbonyl (C=O) groups is 2. The number of anilines is 2. The van der Waals surface area contributed by atoms with Gasteiger partial charge in [0.1, 0.15) is 23.0 Å². The van der Waals surface area contributed by atoms with E-state index in [0.717, 1.165) is 35.4 Å². The number of rotatable bonds is 5. The largest absolute Gasteiger partial charge is 0.321 e. The van der Waals surface area contributed by atoms with E-state index in [9.17, 15) is 18.4 Å². The van der Waals surface area contributed by atoms with Crippen molar-refractivity contribution in [2.45, 2.75) is 20.3 Å². The first-order valence-electron chi connectivity index (χ1n) is 9.02. The van der Waals surface area contributed by atoms with Gasteiger partial charge < -0.3 is 10.6 Å². The molecule has 0 atom stereocenters. The van der Waals surface area contributed by atoms with Crippen molar-refractivity contribution in [2.75, 3.05) is 10.6 Å². The molecule has 29 heavy (non-hydrogen) atoms. The summed E-state index contributed by atoms with van der Waals surface area (Å²) in [6.07, 6.45) is 2.04. The van der Waals surface area contributed by atoms with Crippen molar-refractivity contribution < 1.29 is 18.4 Å². The molecule has 0 fully saturated rings. The predicted molar refractivity (Wildman–Crippen MR) is 107 cm³/mol. The van der Waals surface area contributed by atoms with Crippen molar-refractivity contribution >= 4 is 23.2 Å². The number of aryl methyl sites for hydroxylation is 2. The topological polar surface area (TPSA) is 71.1 Å². The summed E-state index contributed by atoms with van der Waals surface area (Å²) in [4.78, 5) is 29.0. The van der Waals surface area contributed by atoms with E-state index in [-0.39, 0.29) is 11.3 Å². The molecule has 1 heterocycles. The number of aromatic nitrogens is 1. The number of hydrogen-bond donors (Lipinski definition) is 2. The van der Waals surface area contributed by atoms with Gasteiger partial charge in [-0.15, -0.1) is 0 Å². The molecular weight excluding hydrogens is 376 g/mol. The predicted octanol–water partition coefficient (Wildman–Crippen LogP) is 4.74. The molecule has 0 unspecified atom stereocenters. The van der Waals surface area contributed by atoms with Crippen molar-refractivity contribution in [1.82, 2.24) is 4.98 Å². The number of halogens is 2. The van der Waals surface area contributed by atoms with Gasteiger partial charge in [-0.05, 0) is 48.7 Å². The fourth-order valence-corrected chi connectivity index (χ4v) is 2.88. The van der Waals surface area contributed by atoms with Gasteiger partial charge in [-0.2, -0.15) is 0 Å². The summed E-state index contributed by atoms with van der Waals surface area (Å²) in [6, 6.07) is 11.7. The molecule has 7 heteroatoms. The number of carbonyl (C=O) groups excluding carboxylic acids is 2. The van der Waals surface area contributed by atoms with Crippen LogP contribution in [0.3, 0.4) is 0 Å². The third kappa shape index (κ3) is 4.45. The van der Waals surface area contributed by atoms with Gasteiger partial charge in [0.05, 0.1) is 0 Å². The lowest BCUT2D eigenvalue weighted by molar-refractivity contribution is 0.102. The van der Waals surface area contributed by atoms with Gasteiger partial charge in [-0.1, -0.05) is 31.2 Å². The molecule has 0 bridgehead atoms. The highest BCUT2D eigenvalue weighted by atomic mass is 19.1. The fraction of sp³-hybridized carbons (Fsp3) is 0.136. The molecule has 0 saturated heterocycles. The van der Waals surface area contributed by atoms with Crippen LogP contribution in [-0.4, -0.2) is 16.8 Å². The third-order valence-electron chi connectivity index (χ3n) is 4.43. The number of nitrogens with one attached hydrogen (secondary N) is 2. The van der Waals surface area contributed by atoms with Crippen LogP contribution < -0.4 is 10.6 Å². The molecule has 2 aromatic carbocycles. The molecule has 2 amide bonds. The van der Waals surface area contributed by atoms with Crippen molar-refractivity contribution in [3.63, 3.8) is 0 Å². The van der Waals surface area contributed by atoms with Gasteiger partial charge in [-0.3, -0.25) is 14.6 Å². The maximum atomic E-state index is 13.7. The molecular formula is C22H19F2N3O2. The van der Waals surface area contributed by atoms with E-state index in [1.807, 2.05) is 32.0 Å². The molecule has 3 rings (SSSR count). The van der Waals surface area contributed by atoms with Gasteiger partial charge >= 0.3 is 0 Å². The van der Waals surface area contributed by atoms with E-state index in [1.54, 1.807) is 0 Å². The van der Waals surface area contributed by atoms with E-state index >= 15 is 0 Å². The maximum Gasteiger partial charge on any atom is 0.274 e. The molecule has 0 aliphatic rings. The normalized spacial score (nSPS) is 10.5. The minimum absolute atomic E-state index is 0.138. The Kier molecular flexibility index (Phi) is 5.97. The van der Waals surface area contributed by atoms with Gasteiger partial charge in [0.2, 0.25) is 0 Å². The van der Waals surface area contributed by atoms with Crippen molar-refractivity contribution in [2.24, 2.45) is 0 Å². The Bertz CT molecular complexity index is 1060. The maximum absolute atomic E-state index is 13.7. The van der Waals surface area contributed by atoms with E-state index in [2.05, 4.69) is 15.6 Å². The zero-order valence-electron chi connectivity index (χ0n) is 15.9. The van der Waals surface area contributed by atoms with Crippen LogP contribution in [-0.2, 0) is 6.42 Å². The molecule has 148 valence electrons. The van der Waals surface area contributed by atoms with Crippen LogP contribution in [0.2, 0.25) is 0 Å². The fourth-order valence-electron chi connectivity index (χ4n) is 2.88. The summed E-state index contributed by atoms with van der Waals surface area (Å²) in [7, 11) is 0. The Hall–Kier alpha value is -3.61. The van der Waals surface area contributed by atoms with Crippen LogP contribution in [0, 0.1) is 18.6 Å². The summed E-state index contributed by atoms with van der Waals surface area (Å²) < 4.78 is 27.5. The molecule has 3 aromatic rings. The van der Waals surface area contributed by atoms with Gasteiger partial charge in [-0.25, -0.2) is 8.78 Å².